The molecule has 236 valence electrons. The van der Waals surface area contributed by atoms with Crippen LogP contribution in [-0.4, -0.2) is 4.57 Å². The molecule has 0 saturated carbocycles. The smallest absolute Gasteiger partial charge is 0.0562 e. The van der Waals surface area contributed by atoms with E-state index in [1.54, 1.807) is 0 Å². The molecular weight excluding hydrogens is 605 g/mol. The van der Waals surface area contributed by atoms with Crippen LogP contribution in [0.2, 0.25) is 0 Å². The Morgan fingerprint density at radius 3 is 1.38 bits per heavy atom. The maximum Gasteiger partial charge on any atom is 0.0562 e. The molecule has 0 aliphatic heterocycles. The number of aromatic nitrogens is 1. The van der Waals surface area contributed by atoms with Crippen molar-refractivity contribution in [3.05, 3.63) is 206 Å². The van der Waals surface area contributed by atoms with Crippen LogP contribution in [0.1, 0.15) is 0 Å². The molecule has 0 saturated heterocycles. The first kappa shape index (κ1) is 29.5. The minimum atomic E-state index is 1.10. The minimum Gasteiger partial charge on any atom is -0.310 e. The van der Waals surface area contributed by atoms with Gasteiger partial charge in [0.25, 0.3) is 0 Å². The summed E-state index contributed by atoms with van der Waals surface area (Å²) in [6.45, 7) is 0. The van der Waals surface area contributed by atoms with E-state index in [-0.39, 0.29) is 0 Å². The molecule has 0 radical (unpaired) electrons. The second-order valence-corrected chi connectivity index (χ2v) is 12.6. The van der Waals surface area contributed by atoms with Crippen LogP contribution in [0.3, 0.4) is 0 Å². The second-order valence-electron chi connectivity index (χ2n) is 12.6. The summed E-state index contributed by atoms with van der Waals surface area (Å²) in [5, 5.41) is 2.45. The molecule has 50 heavy (non-hydrogen) atoms. The zero-order valence-electron chi connectivity index (χ0n) is 27.5. The van der Waals surface area contributed by atoms with Gasteiger partial charge in [0.05, 0.1) is 16.7 Å². The molecule has 2 heteroatoms. The summed E-state index contributed by atoms with van der Waals surface area (Å²) in [4.78, 5) is 2.39. The minimum absolute atomic E-state index is 1.10. The number of para-hydroxylation sites is 3. The first-order valence-electron chi connectivity index (χ1n) is 17.1. The normalized spacial score (nSPS) is 11.2. The Morgan fingerprint density at radius 1 is 0.320 bits per heavy atom. The van der Waals surface area contributed by atoms with E-state index in [9.17, 15) is 0 Å². The Morgan fingerprint density at radius 2 is 0.780 bits per heavy atom. The third-order valence-corrected chi connectivity index (χ3v) is 9.55. The second kappa shape index (κ2) is 12.8. The van der Waals surface area contributed by atoms with Crippen molar-refractivity contribution in [3.63, 3.8) is 0 Å². The van der Waals surface area contributed by atoms with Crippen molar-refractivity contribution in [2.45, 2.75) is 0 Å². The molecule has 0 amide bonds. The van der Waals surface area contributed by atoms with E-state index in [0.717, 1.165) is 22.7 Å². The van der Waals surface area contributed by atoms with Crippen LogP contribution in [0.25, 0.3) is 60.9 Å². The molecule has 0 aliphatic rings. The predicted octanol–water partition coefficient (Wildman–Crippen LogP) is 13.3. The van der Waals surface area contributed by atoms with Crippen molar-refractivity contribution in [1.82, 2.24) is 4.57 Å². The molecule has 1 aromatic heterocycles. The van der Waals surface area contributed by atoms with Crippen molar-refractivity contribution in [3.8, 4) is 39.1 Å². The Balaban J connectivity index is 1.21. The van der Waals surface area contributed by atoms with E-state index in [0.29, 0.717) is 0 Å². The van der Waals surface area contributed by atoms with Gasteiger partial charge in [0, 0.05) is 27.8 Å². The average molecular weight is 639 g/mol. The Hall–Kier alpha value is -6.64. The maximum absolute atomic E-state index is 2.39. The molecule has 2 nitrogen and oxygen atoms in total. The van der Waals surface area contributed by atoms with Crippen molar-refractivity contribution < 1.29 is 0 Å². The lowest BCUT2D eigenvalue weighted by molar-refractivity contribution is 1.18. The number of anilines is 3. The van der Waals surface area contributed by atoms with Gasteiger partial charge in [0.2, 0.25) is 0 Å². The molecule has 0 N–H and O–H groups in total. The van der Waals surface area contributed by atoms with Crippen molar-refractivity contribution in [2.75, 3.05) is 4.90 Å². The fourth-order valence-corrected chi connectivity index (χ4v) is 7.24. The molecule has 0 spiro atoms. The summed E-state index contributed by atoms with van der Waals surface area (Å²) < 4.78 is 2.38. The van der Waals surface area contributed by atoms with Gasteiger partial charge in [-0.15, -0.1) is 0 Å². The zero-order valence-corrected chi connectivity index (χ0v) is 27.5. The first-order valence-corrected chi connectivity index (χ1v) is 17.1. The SMILES string of the molecule is c1ccc(-c2cc(-c3ccccc3)cc(-c3ccc(N(c4ccccc4)c4cccc5c4c4ccccc4n5-c4ccccc4)cc3)c2)cc1. The summed E-state index contributed by atoms with van der Waals surface area (Å²) in [5.74, 6) is 0. The summed E-state index contributed by atoms with van der Waals surface area (Å²) in [6, 6.07) is 74.0. The average Bonchev–Trinajstić information content (AvgIpc) is 3.55. The molecule has 0 unspecified atom stereocenters. The molecule has 0 aliphatic carbocycles. The van der Waals surface area contributed by atoms with Crippen LogP contribution >= 0.6 is 0 Å². The first-order chi connectivity index (χ1) is 24.8. The van der Waals surface area contributed by atoms with Crippen LogP contribution in [0.5, 0.6) is 0 Å². The monoisotopic (exact) mass is 638 g/mol. The standard InChI is InChI=1S/C48H34N2/c1-5-16-35(17-6-1)38-32-39(36-18-7-2-8-19-36)34-40(33-38)37-28-30-43(31-29-37)49(41-20-9-3-10-21-41)46-26-15-27-47-48(46)44-24-13-14-25-45(44)50(47)42-22-11-4-12-23-42/h1-34H. The van der Waals surface area contributed by atoms with E-state index in [2.05, 4.69) is 216 Å². The van der Waals surface area contributed by atoms with Gasteiger partial charge in [-0.25, -0.2) is 0 Å². The molecule has 0 bridgehead atoms. The summed E-state index contributed by atoms with van der Waals surface area (Å²) in [7, 11) is 0. The topological polar surface area (TPSA) is 8.17 Å². The third kappa shape index (κ3) is 5.34. The highest BCUT2D eigenvalue weighted by Crippen LogP contribution is 2.44. The number of benzene rings is 8. The molecule has 0 fully saturated rings. The lowest BCUT2D eigenvalue weighted by Crippen LogP contribution is -2.10. The molecule has 8 aromatic carbocycles. The quantitative estimate of drug-likeness (QED) is 0.169. The van der Waals surface area contributed by atoms with Gasteiger partial charge < -0.3 is 9.47 Å². The number of nitrogens with zero attached hydrogens (tertiary/aromatic N) is 2. The van der Waals surface area contributed by atoms with E-state index >= 15 is 0 Å². The molecule has 0 atom stereocenters. The van der Waals surface area contributed by atoms with Crippen LogP contribution < -0.4 is 4.90 Å². The lowest BCUT2D eigenvalue weighted by atomic mass is 9.93. The summed E-state index contributed by atoms with van der Waals surface area (Å²) in [5.41, 5.74) is 14.1. The van der Waals surface area contributed by atoms with Gasteiger partial charge in [-0.1, -0.05) is 133 Å². The van der Waals surface area contributed by atoms with Crippen LogP contribution in [0, 0.1) is 0 Å². The fraction of sp³-hybridized carbons (Fsp3) is 0. The summed E-state index contributed by atoms with van der Waals surface area (Å²) in [6.07, 6.45) is 0. The van der Waals surface area contributed by atoms with Gasteiger partial charge in [-0.2, -0.15) is 0 Å². The lowest BCUT2D eigenvalue weighted by Gasteiger charge is -2.26. The van der Waals surface area contributed by atoms with Crippen LogP contribution in [0.4, 0.5) is 17.1 Å². The van der Waals surface area contributed by atoms with E-state index in [1.165, 1.54) is 55.2 Å². The number of fused-ring (bicyclic) bond motifs is 3. The van der Waals surface area contributed by atoms with E-state index in [4.69, 9.17) is 0 Å². The molecule has 9 aromatic rings. The van der Waals surface area contributed by atoms with Crippen molar-refractivity contribution in [1.29, 1.82) is 0 Å². The Labute approximate surface area is 292 Å². The number of hydrogen-bond donors (Lipinski definition) is 0. The highest BCUT2D eigenvalue weighted by atomic mass is 15.1. The Bertz CT molecular complexity index is 2500. The third-order valence-electron chi connectivity index (χ3n) is 9.55. The van der Waals surface area contributed by atoms with Crippen LogP contribution in [0.15, 0.2) is 206 Å². The largest absolute Gasteiger partial charge is 0.310 e. The number of rotatable bonds is 7. The Kier molecular flexibility index (Phi) is 7.53. The van der Waals surface area contributed by atoms with Gasteiger partial charge in [0.15, 0.2) is 0 Å². The number of hydrogen-bond acceptors (Lipinski definition) is 1. The van der Waals surface area contributed by atoms with Gasteiger partial charge in [-0.3, -0.25) is 0 Å². The van der Waals surface area contributed by atoms with E-state index < -0.39 is 0 Å². The molecule has 1 heterocycles. The highest BCUT2D eigenvalue weighted by Gasteiger charge is 2.21. The van der Waals surface area contributed by atoms with E-state index in [1.807, 2.05) is 0 Å². The van der Waals surface area contributed by atoms with Gasteiger partial charge in [0.1, 0.15) is 0 Å². The summed E-state index contributed by atoms with van der Waals surface area (Å²) >= 11 is 0. The fourth-order valence-electron chi connectivity index (χ4n) is 7.24. The molecular formula is C48H34N2. The molecule has 9 rings (SSSR count). The predicted molar refractivity (Wildman–Crippen MR) is 212 cm³/mol. The highest BCUT2D eigenvalue weighted by molar-refractivity contribution is 6.16. The van der Waals surface area contributed by atoms with Gasteiger partial charge >= 0.3 is 0 Å². The van der Waals surface area contributed by atoms with Crippen LogP contribution in [-0.2, 0) is 0 Å². The van der Waals surface area contributed by atoms with Crippen molar-refractivity contribution >= 4 is 38.9 Å². The zero-order chi connectivity index (χ0) is 33.3. The maximum atomic E-state index is 2.39. The van der Waals surface area contributed by atoms with Crippen molar-refractivity contribution in [2.24, 2.45) is 0 Å². The van der Waals surface area contributed by atoms with Gasteiger partial charge in [-0.05, 0) is 106 Å².